The summed E-state index contributed by atoms with van der Waals surface area (Å²) < 4.78 is 10.8. The fraction of sp³-hybridized carbons (Fsp3) is 0.167. The van der Waals surface area contributed by atoms with Crippen molar-refractivity contribution in [3.05, 3.63) is 95.1 Å². The van der Waals surface area contributed by atoms with Gasteiger partial charge in [-0.05, 0) is 18.2 Å². The molecule has 4 rings (SSSR count). The van der Waals surface area contributed by atoms with Gasteiger partial charge in [0.15, 0.2) is 0 Å². The average Bonchev–Trinajstić information content (AvgIpc) is 3.00. The highest BCUT2D eigenvalue weighted by Gasteiger charge is 2.57. The quantitative estimate of drug-likeness (QED) is 0.660. The van der Waals surface area contributed by atoms with Crippen molar-refractivity contribution in [1.82, 2.24) is 0 Å². The van der Waals surface area contributed by atoms with E-state index in [-0.39, 0.29) is 11.6 Å². The highest BCUT2D eigenvalue weighted by Crippen LogP contribution is 2.35. The first-order chi connectivity index (χ1) is 14.1. The minimum Gasteiger partial charge on any atom is -0.497 e. The molecule has 0 unspecified atom stereocenters. The minimum absolute atomic E-state index is 0.189. The van der Waals surface area contributed by atoms with Crippen molar-refractivity contribution < 1.29 is 24.4 Å². The van der Waals surface area contributed by atoms with E-state index in [1.807, 2.05) is 53.8 Å². The molecule has 0 fully saturated rings. The number of hydrogen-bond acceptors (Lipinski definition) is 4. The molecule has 0 atom stereocenters. The van der Waals surface area contributed by atoms with E-state index < -0.39 is 5.54 Å². The molecular formula is C24H22NO4+. The lowest BCUT2D eigenvalue weighted by atomic mass is 9.84. The van der Waals surface area contributed by atoms with Crippen LogP contribution in [0.1, 0.15) is 31.8 Å². The molecule has 0 radical (unpaired) electrons. The van der Waals surface area contributed by atoms with E-state index in [4.69, 9.17) is 9.47 Å². The van der Waals surface area contributed by atoms with Gasteiger partial charge in [-0.1, -0.05) is 54.6 Å². The lowest BCUT2D eigenvalue weighted by Gasteiger charge is -2.25. The first kappa shape index (κ1) is 18.9. The van der Waals surface area contributed by atoms with Crippen molar-refractivity contribution in [2.24, 2.45) is 0 Å². The van der Waals surface area contributed by atoms with Crippen molar-refractivity contribution in [2.45, 2.75) is 12.1 Å². The standard InChI is InChI=1S/C24H21NO4/c1-28-18-12-13-21(29-2)16(14-18)15-25-24(17-8-4-3-5-9-17)22(26)19-10-6-7-11-20(19)23(24)27/h3-14,25H,15H2,1-2H3/p+1. The predicted molar refractivity (Wildman–Crippen MR) is 108 cm³/mol. The molecule has 3 aromatic rings. The summed E-state index contributed by atoms with van der Waals surface area (Å²) in [7, 11) is 3.20. The number of methoxy groups -OCH3 is 2. The maximum atomic E-state index is 13.5. The predicted octanol–water partition coefficient (Wildman–Crippen LogP) is 2.74. The fourth-order valence-electron chi connectivity index (χ4n) is 3.98. The van der Waals surface area contributed by atoms with Gasteiger partial charge in [0.2, 0.25) is 17.1 Å². The van der Waals surface area contributed by atoms with Gasteiger partial charge in [-0.3, -0.25) is 9.59 Å². The number of ketones is 2. The van der Waals surface area contributed by atoms with Crippen molar-refractivity contribution >= 4 is 11.6 Å². The number of nitrogens with two attached hydrogens (primary N) is 1. The van der Waals surface area contributed by atoms with Crippen LogP contribution >= 0.6 is 0 Å². The Balaban J connectivity index is 1.79. The summed E-state index contributed by atoms with van der Waals surface area (Å²) in [4.78, 5) is 27.0. The van der Waals surface area contributed by atoms with Gasteiger partial charge in [0.25, 0.3) is 0 Å². The summed E-state index contributed by atoms with van der Waals surface area (Å²) in [6.07, 6.45) is 0. The molecule has 0 spiro atoms. The van der Waals surface area contributed by atoms with Crippen molar-refractivity contribution in [1.29, 1.82) is 0 Å². The summed E-state index contributed by atoms with van der Waals surface area (Å²) in [5, 5.41) is 1.81. The first-order valence-electron chi connectivity index (χ1n) is 9.41. The Hall–Kier alpha value is -3.44. The van der Waals surface area contributed by atoms with E-state index in [9.17, 15) is 9.59 Å². The number of carbonyl (C=O) groups excluding carboxylic acids is 2. The molecule has 0 heterocycles. The molecule has 0 saturated heterocycles. The fourth-order valence-corrected chi connectivity index (χ4v) is 3.98. The van der Waals surface area contributed by atoms with Crippen LogP contribution < -0.4 is 14.8 Å². The van der Waals surface area contributed by atoms with E-state index in [0.29, 0.717) is 34.7 Å². The molecule has 1 aliphatic carbocycles. The maximum Gasteiger partial charge on any atom is 0.249 e. The second-order valence-electron chi connectivity index (χ2n) is 6.96. The maximum absolute atomic E-state index is 13.5. The van der Waals surface area contributed by atoms with E-state index in [1.165, 1.54) is 0 Å². The van der Waals surface area contributed by atoms with Gasteiger partial charge in [0.1, 0.15) is 18.0 Å². The monoisotopic (exact) mass is 388 g/mol. The Kier molecular flexibility index (Phi) is 4.91. The van der Waals surface area contributed by atoms with Crippen LogP contribution in [0.5, 0.6) is 11.5 Å². The van der Waals surface area contributed by atoms with Gasteiger partial charge in [-0.15, -0.1) is 0 Å². The third-order valence-corrected chi connectivity index (χ3v) is 5.48. The zero-order valence-electron chi connectivity index (χ0n) is 16.3. The molecule has 0 saturated carbocycles. The van der Waals surface area contributed by atoms with Crippen LogP contribution in [0.25, 0.3) is 0 Å². The van der Waals surface area contributed by atoms with E-state index in [1.54, 1.807) is 38.5 Å². The molecule has 29 heavy (non-hydrogen) atoms. The Morgan fingerprint density at radius 1 is 0.793 bits per heavy atom. The third-order valence-electron chi connectivity index (χ3n) is 5.48. The molecule has 3 aromatic carbocycles. The van der Waals surface area contributed by atoms with Gasteiger partial charge < -0.3 is 14.8 Å². The second kappa shape index (κ2) is 7.53. The lowest BCUT2D eigenvalue weighted by Crippen LogP contribution is -2.97. The lowest BCUT2D eigenvalue weighted by molar-refractivity contribution is -0.718. The first-order valence-corrected chi connectivity index (χ1v) is 9.41. The molecule has 2 N–H and O–H groups in total. The molecule has 0 bridgehead atoms. The minimum atomic E-state index is -1.35. The topological polar surface area (TPSA) is 69.2 Å². The van der Waals surface area contributed by atoms with Gasteiger partial charge in [-0.2, -0.15) is 0 Å². The summed E-state index contributed by atoms with van der Waals surface area (Å²) in [6.45, 7) is 0.376. The molecule has 0 aliphatic heterocycles. The van der Waals surface area contributed by atoms with E-state index >= 15 is 0 Å². The van der Waals surface area contributed by atoms with Crippen LogP contribution in [0.4, 0.5) is 0 Å². The zero-order valence-corrected chi connectivity index (χ0v) is 16.3. The number of carbonyl (C=O) groups is 2. The van der Waals surface area contributed by atoms with E-state index in [2.05, 4.69) is 0 Å². The number of quaternary nitrogens is 1. The van der Waals surface area contributed by atoms with E-state index in [0.717, 1.165) is 5.56 Å². The molecule has 5 nitrogen and oxygen atoms in total. The average molecular weight is 388 g/mol. The Bertz CT molecular complexity index is 1040. The van der Waals surface area contributed by atoms with Crippen LogP contribution in [0.3, 0.4) is 0 Å². The van der Waals surface area contributed by atoms with Crippen molar-refractivity contribution in [3.63, 3.8) is 0 Å². The second-order valence-corrected chi connectivity index (χ2v) is 6.96. The largest absolute Gasteiger partial charge is 0.497 e. The zero-order chi connectivity index (χ0) is 20.4. The molecule has 0 amide bonds. The molecule has 0 aromatic heterocycles. The Morgan fingerprint density at radius 3 is 2.00 bits per heavy atom. The Labute approximate surface area is 169 Å². The summed E-state index contributed by atoms with van der Waals surface area (Å²) >= 11 is 0. The van der Waals surface area contributed by atoms with Gasteiger partial charge in [-0.25, -0.2) is 0 Å². The smallest absolute Gasteiger partial charge is 0.249 e. The molecule has 5 heteroatoms. The summed E-state index contributed by atoms with van der Waals surface area (Å²) in [5.41, 5.74) is 1.11. The number of fused-ring (bicyclic) bond motifs is 1. The van der Waals surface area contributed by atoms with Gasteiger partial charge in [0.05, 0.1) is 19.8 Å². The number of ether oxygens (including phenoxy) is 2. The molecular weight excluding hydrogens is 366 g/mol. The van der Waals surface area contributed by atoms with Crippen molar-refractivity contribution in [2.75, 3.05) is 14.2 Å². The molecule has 146 valence electrons. The highest BCUT2D eigenvalue weighted by molar-refractivity contribution is 6.31. The number of hydrogen-bond donors (Lipinski definition) is 1. The van der Waals surface area contributed by atoms with Crippen LogP contribution in [-0.2, 0) is 12.1 Å². The summed E-state index contributed by atoms with van der Waals surface area (Å²) in [6, 6.07) is 21.8. The van der Waals surface area contributed by atoms with Crippen molar-refractivity contribution in [3.8, 4) is 11.5 Å². The number of Topliss-reactive ketones (excluding diaryl/α,β-unsaturated/α-hetero) is 2. The van der Waals surface area contributed by atoms with Crippen LogP contribution in [0.2, 0.25) is 0 Å². The van der Waals surface area contributed by atoms with Gasteiger partial charge in [0, 0.05) is 16.7 Å². The molecule has 1 aliphatic rings. The van der Waals surface area contributed by atoms with Crippen LogP contribution in [0.15, 0.2) is 72.8 Å². The highest BCUT2D eigenvalue weighted by atomic mass is 16.5. The van der Waals surface area contributed by atoms with Crippen LogP contribution in [-0.4, -0.2) is 25.8 Å². The Morgan fingerprint density at radius 2 is 1.41 bits per heavy atom. The SMILES string of the molecule is COc1ccc(OC)c(C[NH2+]C2(c3ccccc3)C(=O)c3ccccc3C2=O)c1. The number of benzene rings is 3. The van der Waals surface area contributed by atoms with Crippen LogP contribution in [0, 0.1) is 0 Å². The summed E-state index contributed by atoms with van der Waals surface area (Å²) in [5.74, 6) is 0.994. The third kappa shape index (κ3) is 3.00. The van der Waals surface area contributed by atoms with Gasteiger partial charge >= 0.3 is 0 Å². The normalized spacial score (nSPS) is 14.6. The number of rotatable bonds is 6.